The molecule has 2 heterocycles. The number of nitrogens with one attached hydrogen (secondary N) is 1. The van der Waals surface area contributed by atoms with E-state index in [1.807, 2.05) is 31.5 Å². The Morgan fingerprint density at radius 3 is 2.58 bits per heavy atom. The minimum absolute atomic E-state index is 0.150. The molecule has 0 bridgehead atoms. The Labute approximate surface area is 211 Å². The number of ether oxygens (including phenoxy) is 1. The van der Waals surface area contributed by atoms with E-state index >= 15 is 0 Å². The molecule has 1 N–H and O–H groups in total. The molecule has 2 aromatic carbocycles. The first-order valence-corrected chi connectivity index (χ1v) is 12.4. The average molecular weight is 478 g/mol. The van der Waals surface area contributed by atoms with E-state index in [2.05, 4.69) is 82.5 Å². The summed E-state index contributed by atoms with van der Waals surface area (Å²) in [5.41, 5.74) is 7.91. The summed E-state index contributed by atoms with van der Waals surface area (Å²) in [7, 11) is 1.74. The Morgan fingerprint density at radius 1 is 1.00 bits per heavy atom. The van der Waals surface area contributed by atoms with Gasteiger partial charge in [0.2, 0.25) is 0 Å². The standard InChI is InChI=1S/C30H31N5O/c1-4-22(14-15-36-3)32-27-18-30-28(17-26(27)33-23-16-21(2)19-31-20-23)34-25-12-8-9-13-29(25)35(30)24-10-6-5-7-11-24/h5-13,16-20,22,33H,4,14-15H2,1-3H3. The minimum atomic E-state index is 0.150. The van der Waals surface area contributed by atoms with Gasteiger partial charge in [-0.05, 0) is 67.8 Å². The van der Waals surface area contributed by atoms with Crippen molar-refractivity contribution >= 4 is 22.4 Å². The molecule has 1 aliphatic heterocycles. The second kappa shape index (κ2) is 10.7. The van der Waals surface area contributed by atoms with E-state index in [0.717, 1.165) is 63.2 Å². The molecule has 6 heteroatoms. The first kappa shape index (κ1) is 23.7. The maximum absolute atomic E-state index is 5.35. The predicted molar refractivity (Wildman–Crippen MR) is 146 cm³/mol. The maximum atomic E-state index is 5.35. The Morgan fingerprint density at radius 2 is 1.81 bits per heavy atom. The number of pyridine rings is 1. The minimum Gasteiger partial charge on any atom is -0.385 e. The third-order valence-corrected chi connectivity index (χ3v) is 6.31. The second-order valence-corrected chi connectivity index (χ2v) is 8.98. The van der Waals surface area contributed by atoms with Crippen molar-refractivity contribution in [2.24, 2.45) is 4.99 Å². The van der Waals surface area contributed by atoms with Crippen molar-refractivity contribution in [1.29, 1.82) is 0 Å². The van der Waals surface area contributed by atoms with Crippen molar-refractivity contribution in [3.05, 3.63) is 96.1 Å². The maximum Gasteiger partial charge on any atom is 0.0900 e. The van der Waals surface area contributed by atoms with Crippen LogP contribution in [0.5, 0.6) is 0 Å². The molecule has 182 valence electrons. The van der Waals surface area contributed by atoms with Crippen LogP contribution in [0.4, 0.5) is 11.4 Å². The predicted octanol–water partition coefficient (Wildman–Crippen LogP) is 6.29. The highest BCUT2D eigenvalue weighted by Crippen LogP contribution is 2.30. The highest BCUT2D eigenvalue weighted by atomic mass is 16.5. The number of hydrogen-bond acceptors (Lipinski definition) is 5. The molecule has 1 unspecified atom stereocenters. The second-order valence-electron chi connectivity index (χ2n) is 8.98. The molecule has 36 heavy (non-hydrogen) atoms. The van der Waals surface area contributed by atoms with Gasteiger partial charge in [-0.3, -0.25) is 9.98 Å². The zero-order chi connectivity index (χ0) is 24.9. The number of methoxy groups -OCH3 is 1. The highest BCUT2D eigenvalue weighted by molar-refractivity contribution is 5.84. The van der Waals surface area contributed by atoms with E-state index in [1.54, 1.807) is 7.11 Å². The number of para-hydroxylation sites is 3. The lowest BCUT2D eigenvalue weighted by Gasteiger charge is -2.20. The van der Waals surface area contributed by atoms with Gasteiger partial charge >= 0.3 is 0 Å². The van der Waals surface area contributed by atoms with Crippen molar-refractivity contribution in [2.45, 2.75) is 32.7 Å². The van der Waals surface area contributed by atoms with Gasteiger partial charge in [0.1, 0.15) is 0 Å². The first-order valence-electron chi connectivity index (χ1n) is 12.4. The summed E-state index contributed by atoms with van der Waals surface area (Å²) in [5.74, 6) is 0. The lowest BCUT2D eigenvalue weighted by atomic mass is 10.1. The number of nitrogens with zero attached hydrogens (tertiary/aromatic N) is 4. The van der Waals surface area contributed by atoms with E-state index < -0.39 is 0 Å². The fraction of sp³-hybridized carbons (Fsp3) is 0.233. The largest absolute Gasteiger partial charge is 0.385 e. The normalized spacial score (nSPS) is 12.8. The number of rotatable bonds is 8. The number of hydrogen-bond donors (Lipinski definition) is 1. The van der Waals surface area contributed by atoms with Crippen molar-refractivity contribution in [1.82, 2.24) is 14.5 Å². The number of anilines is 2. The van der Waals surface area contributed by atoms with Crippen molar-refractivity contribution in [2.75, 3.05) is 19.0 Å². The fourth-order valence-corrected chi connectivity index (χ4v) is 4.49. The quantitative estimate of drug-likeness (QED) is 0.267. The zero-order valence-corrected chi connectivity index (χ0v) is 21.0. The van der Waals surface area contributed by atoms with Gasteiger partial charge < -0.3 is 14.6 Å². The van der Waals surface area contributed by atoms with Crippen LogP contribution in [0.25, 0.3) is 28.1 Å². The SMILES string of the molecule is CCC(CCOC)N=c1cc2n(-c3ccccc3)c3ccccc3nc-2cc1Nc1cncc(C)c1. The Bertz CT molecular complexity index is 1510. The molecule has 0 saturated carbocycles. The molecule has 0 saturated heterocycles. The molecule has 0 amide bonds. The zero-order valence-electron chi connectivity index (χ0n) is 21.0. The monoisotopic (exact) mass is 477 g/mol. The molecule has 3 aromatic rings. The summed E-state index contributed by atoms with van der Waals surface area (Å²) in [6, 6.07) is 25.2. The van der Waals surface area contributed by atoms with Gasteiger partial charge in [-0.15, -0.1) is 0 Å². The van der Waals surface area contributed by atoms with Crippen molar-refractivity contribution < 1.29 is 4.74 Å². The molecule has 1 aliphatic carbocycles. The highest BCUT2D eigenvalue weighted by Gasteiger charge is 2.17. The molecule has 1 aromatic heterocycles. The summed E-state index contributed by atoms with van der Waals surface area (Å²) < 4.78 is 7.62. The summed E-state index contributed by atoms with van der Waals surface area (Å²) >= 11 is 0. The van der Waals surface area contributed by atoms with Crippen molar-refractivity contribution in [3.63, 3.8) is 0 Å². The Kier molecular flexibility index (Phi) is 7.05. The van der Waals surface area contributed by atoms with Crippen LogP contribution in [-0.2, 0) is 4.74 Å². The van der Waals surface area contributed by atoms with Gasteiger partial charge in [-0.25, -0.2) is 4.98 Å². The summed E-state index contributed by atoms with van der Waals surface area (Å²) in [6.45, 7) is 4.89. The van der Waals surface area contributed by atoms with Crippen LogP contribution < -0.4 is 10.7 Å². The Balaban J connectivity index is 1.79. The molecule has 0 spiro atoms. The van der Waals surface area contributed by atoms with E-state index in [4.69, 9.17) is 14.7 Å². The van der Waals surface area contributed by atoms with Gasteiger partial charge in [0.05, 0.1) is 51.4 Å². The van der Waals surface area contributed by atoms with Gasteiger partial charge in [-0.2, -0.15) is 0 Å². The summed E-state index contributed by atoms with van der Waals surface area (Å²) in [4.78, 5) is 14.6. The molecule has 0 fully saturated rings. The average Bonchev–Trinajstić information content (AvgIpc) is 2.90. The molecule has 5 rings (SSSR count). The lowest BCUT2D eigenvalue weighted by molar-refractivity contribution is 0.187. The Hall–Kier alpha value is -4.03. The summed E-state index contributed by atoms with van der Waals surface area (Å²) in [6.07, 6.45) is 5.49. The topological polar surface area (TPSA) is 64.3 Å². The van der Waals surface area contributed by atoms with Crippen LogP contribution in [0.2, 0.25) is 0 Å². The molecule has 6 nitrogen and oxygen atoms in total. The van der Waals surface area contributed by atoms with E-state index in [0.29, 0.717) is 6.61 Å². The van der Waals surface area contributed by atoms with E-state index in [1.165, 1.54) is 0 Å². The third-order valence-electron chi connectivity index (χ3n) is 6.31. The van der Waals surface area contributed by atoms with E-state index in [9.17, 15) is 0 Å². The van der Waals surface area contributed by atoms with Crippen LogP contribution >= 0.6 is 0 Å². The molecular weight excluding hydrogens is 446 g/mol. The van der Waals surface area contributed by atoms with Crippen LogP contribution in [0.1, 0.15) is 25.3 Å². The van der Waals surface area contributed by atoms with Crippen LogP contribution in [0, 0.1) is 6.92 Å². The number of aryl methyl sites for hydroxylation is 1. The molecular formula is C30H31N5O. The first-order chi connectivity index (χ1) is 17.7. The van der Waals surface area contributed by atoms with Gasteiger partial charge in [0, 0.05) is 25.6 Å². The molecule has 2 aliphatic rings. The number of aromatic nitrogens is 3. The van der Waals surface area contributed by atoms with Crippen LogP contribution in [0.3, 0.4) is 0 Å². The van der Waals surface area contributed by atoms with Crippen molar-refractivity contribution in [3.8, 4) is 17.1 Å². The van der Waals surface area contributed by atoms with Crippen LogP contribution in [0.15, 0.2) is 90.2 Å². The smallest absolute Gasteiger partial charge is 0.0900 e. The van der Waals surface area contributed by atoms with Gasteiger partial charge in [0.25, 0.3) is 0 Å². The van der Waals surface area contributed by atoms with Gasteiger partial charge in [-0.1, -0.05) is 37.3 Å². The molecule has 0 radical (unpaired) electrons. The third kappa shape index (κ3) is 4.99. The lowest BCUT2D eigenvalue weighted by Crippen LogP contribution is -2.19. The van der Waals surface area contributed by atoms with Crippen LogP contribution in [-0.4, -0.2) is 34.3 Å². The number of benzene rings is 3. The van der Waals surface area contributed by atoms with E-state index in [-0.39, 0.29) is 6.04 Å². The fourth-order valence-electron chi connectivity index (χ4n) is 4.49. The van der Waals surface area contributed by atoms with Gasteiger partial charge in [0.15, 0.2) is 0 Å². The summed E-state index contributed by atoms with van der Waals surface area (Å²) in [5, 5.41) is 4.46. The molecule has 1 atom stereocenters. The number of fused-ring (bicyclic) bond motifs is 2.